The molecule has 1 N–H and O–H groups in total. The van der Waals surface area contributed by atoms with Crippen LogP contribution in [0.3, 0.4) is 0 Å². The van der Waals surface area contributed by atoms with Gasteiger partial charge in [-0.05, 0) is 25.7 Å². The Labute approximate surface area is 124 Å². The third-order valence-corrected chi connectivity index (χ3v) is 4.32. The van der Waals surface area contributed by atoms with E-state index in [1.807, 2.05) is 0 Å². The molecular weight excluding hydrogens is 274 g/mol. The third kappa shape index (κ3) is 3.28. The van der Waals surface area contributed by atoms with E-state index in [-0.39, 0.29) is 17.9 Å². The molecule has 2 saturated heterocycles. The molecule has 2 aliphatic rings. The Balaban J connectivity index is 1.91. The van der Waals surface area contributed by atoms with Crippen molar-refractivity contribution in [2.24, 2.45) is 5.92 Å². The van der Waals surface area contributed by atoms with Crippen molar-refractivity contribution in [2.45, 2.75) is 31.7 Å². The van der Waals surface area contributed by atoms with Crippen LogP contribution in [0.4, 0.5) is 4.79 Å². The number of hydrogen-bond acceptors (Lipinski definition) is 3. The van der Waals surface area contributed by atoms with Gasteiger partial charge in [0, 0.05) is 39.6 Å². The fourth-order valence-corrected chi connectivity index (χ4v) is 3.12. The van der Waals surface area contributed by atoms with Crippen molar-refractivity contribution in [3.05, 3.63) is 0 Å². The number of piperidine rings is 1. The minimum Gasteiger partial charge on any atom is -0.480 e. The van der Waals surface area contributed by atoms with Gasteiger partial charge in [-0.1, -0.05) is 0 Å². The topological polar surface area (TPSA) is 81.2 Å². The summed E-state index contributed by atoms with van der Waals surface area (Å²) in [4.78, 5) is 40.3. The molecule has 1 atom stereocenters. The van der Waals surface area contributed by atoms with Crippen LogP contribution >= 0.6 is 0 Å². The number of carboxylic acid groups (broad SMARTS) is 1. The number of hydrogen-bond donors (Lipinski definition) is 1. The summed E-state index contributed by atoms with van der Waals surface area (Å²) in [5.74, 6) is -1.13. The summed E-state index contributed by atoms with van der Waals surface area (Å²) in [6.07, 6.45) is 2.52. The summed E-state index contributed by atoms with van der Waals surface area (Å²) in [5.41, 5.74) is 0. The van der Waals surface area contributed by atoms with Gasteiger partial charge in [0.05, 0.1) is 0 Å². The molecule has 7 heteroatoms. The number of likely N-dealkylation sites (tertiary alicyclic amines) is 2. The summed E-state index contributed by atoms with van der Waals surface area (Å²) < 4.78 is 0. The zero-order valence-electron chi connectivity index (χ0n) is 12.6. The highest BCUT2D eigenvalue weighted by Crippen LogP contribution is 2.25. The van der Waals surface area contributed by atoms with Crippen molar-refractivity contribution in [1.82, 2.24) is 14.7 Å². The van der Waals surface area contributed by atoms with Crippen LogP contribution in [0.15, 0.2) is 0 Å². The summed E-state index contributed by atoms with van der Waals surface area (Å²) in [6, 6.07) is -0.704. The van der Waals surface area contributed by atoms with Crippen molar-refractivity contribution in [3.8, 4) is 0 Å². The van der Waals surface area contributed by atoms with Crippen LogP contribution in [-0.2, 0) is 9.59 Å². The van der Waals surface area contributed by atoms with E-state index in [4.69, 9.17) is 5.11 Å². The second kappa shape index (κ2) is 6.32. The van der Waals surface area contributed by atoms with E-state index in [1.54, 1.807) is 19.0 Å². The lowest BCUT2D eigenvalue weighted by Crippen LogP contribution is -2.49. The van der Waals surface area contributed by atoms with Crippen LogP contribution in [0.2, 0.25) is 0 Å². The summed E-state index contributed by atoms with van der Waals surface area (Å²) in [7, 11) is 3.42. The van der Waals surface area contributed by atoms with E-state index in [9.17, 15) is 14.4 Å². The first kappa shape index (κ1) is 15.6. The van der Waals surface area contributed by atoms with Crippen LogP contribution < -0.4 is 0 Å². The smallest absolute Gasteiger partial charge is 0.326 e. The molecule has 0 aromatic rings. The number of aliphatic carboxylic acids is 1. The van der Waals surface area contributed by atoms with Crippen LogP contribution in [0.5, 0.6) is 0 Å². The van der Waals surface area contributed by atoms with E-state index < -0.39 is 12.0 Å². The molecular formula is C14H23N3O4. The van der Waals surface area contributed by atoms with Crippen molar-refractivity contribution in [2.75, 3.05) is 33.7 Å². The van der Waals surface area contributed by atoms with Gasteiger partial charge < -0.3 is 19.8 Å². The SMILES string of the molecule is CN(C)C(=O)N1CCC(C(=O)N2CCC[C@H]2C(=O)O)CC1. The Morgan fingerprint density at radius 3 is 2.19 bits per heavy atom. The molecule has 0 unspecified atom stereocenters. The van der Waals surface area contributed by atoms with E-state index in [1.165, 1.54) is 9.80 Å². The number of carbonyl (C=O) groups is 3. The maximum absolute atomic E-state index is 12.5. The highest BCUT2D eigenvalue weighted by molar-refractivity contribution is 5.86. The monoisotopic (exact) mass is 297 g/mol. The van der Waals surface area contributed by atoms with Gasteiger partial charge in [-0.25, -0.2) is 9.59 Å². The van der Waals surface area contributed by atoms with Gasteiger partial charge in [0.1, 0.15) is 6.04 Å². The van der Waals surface area contributed by atoms with Gasteiger partial charge in [-0.3, -0.25) is 4.79 Å². The Kier molecular flexibility index (Phi) is 4.69. The maximum atomic E-state index is 12.5. The molecule has 118 valence electrons. The number of urea groups is 1. The molecule has 0 aliphatic carbocycles. The molecule has 2 fully saturated rings. The molecule has 0 spiro atoms. The molecule has 0 saturated carbocycles. The van der Waals surface area contributed by atoms with Crippen LogP contribution in [0.25, 0.3) is 0 Å². The molecule has 2 aliphatic heterocycles. The predicted octanol–water partition coefficient (Wildman–Crippen LogP) is 0.456. The van der Waals surface area contributed by atoms with E-state index in [0.717, 1.165) is 6.42 Å². The number of nitrogens with zero attached hydrogens (tertiary/aromatic N) is 3. The number of amides is 3. The Bertz CT molecular complexity index is 430. The van der Waals surface area contributed by atoms with Gasteiger partial charge in [0.25, 0.3) is 0 Å². The Morgan fingerprint density at radius 2 is 1.67 bits per heavy atom. The summed E-state index contributed by atoms with van der Waals surface area (Å²) >= 11 is 0. The maximum Gasteiger partial charge on any atom is 0.326 e. The molecule has 0 bridgehead atoms. The van der Waals surface area contributed by atoms with Crippen LogP contribution in [0.1, 0.15) is 25.7 Å². The molecule has 7 nitrogen and oxygen atoms in total. The van der Waals surface area contributed by atoms with Crippen molar-refractivity contribution in [1.29, 1.82) is 0 Å². The van der Waals surface area contributed by atoms with Gasteiger partial charge in [-0.2, -0.15) is 0 Å². The zero-order valence-corrected chi connectivity index (χ0v) is 12.6. The molecule has 0 radical (unpaired) electrons. The fraction of sp³-hybridized carbons (Fsp3) is 0.786. The summed E-state index contributed by atoms with van der Waals surface area (Å²) in [5, 5.41) is 9.15. The van der Waals surface area contributed by atoms with Crippen LogP contribution in [-0.4, -0.2) is 77.5 Å². The Morgan fingerprint density at radius 1 is 1.05 bits per heavy atom. The first-order valence-electron chi connectivity index (χ1n) is 7.41. The highest BCUT2D eigenvalue weighted by atomic mass is 16.4. The number of carboxylic acids is 1. The second-order valence-corrected chi connectivity index (χ2v) is 5.97. The molecule has 21 heavy (non-hydrogen) atoms. The summed E-state index contributed by atoms with van der Waals surface area (Å²) in [6.45, 7) is 1.64. The minimum absolute atomic E-state index is 0.0366. The quantitative estimate of drug-likeness (QED) is 0.802. The van der Waals surface area contributed by atoms with Crippen LogP contribution in [0, 0.1) is 5.92 Å². The highest BCUT2D eigenvalue weighted by Gasteiger charge is 2.38. The lowest BCUT2D eigenvalue weighted by molar-refractivity contribution is -0.150. The van der Waals surface area contributed by atoms with E-state index in [0.29, 0.717) is 38.9 Å². The molecule has 2 heterocycles. The average Bonchev–Trinajstić information content (AvgIpc) is 2.95. The van der Waals surface area contributed by atoms with Gasteiger partial charge in [-0.15, -0.1) is 0 Å². The van der Waals surface area contributed by atoms with Gasteiger partial charge in [0.15, 0.2) is 0 Å². The largest absolute Gasteiger partial charge is 0.480 e. The molecule has 0 aromatic carbocycles. The predicted molar refractivity (Wildman–Crippen MR) is 75.8 cm³/mol. The lowest BCUT2D eigenvalue weighted by atomic mass is 9.95. The Hall–Kier alpha value is -1.79. The molecule has 0 aromatic heterocycles. The number of carbonyl (C=O) groups excluding carboxylic acids is 2. The molecule has 3 amide bonds. The van der Waals surface area contributed by atoms with Crippen molar-refractivity contribution >= 4 is 17.9 Å². The zero-order chi connectivity index (χ0) is 15.6. The van der Waals surface area contributed by atoms with E-state index >= 15 is 0 Å². The van der Waals surface area contributed by atoms with Gasteiger partial charge in [0.2, 0.25) is 5.91 Å². The molecule has 2 rings (SSSR count). The average molecular weight is 297 g/mol. The standard InChI is InChI=1S/C14H23N3O4/c1-15(2)14(21)16-8-5-10(6-9-16)12(18)17-7-3-4-11(17)13(19)20/h10-11H,3-9H2,1-2H3,(H,19,20)/t11-/m0/s1. The second-order valence-electron chi connectivity index (χ2n) is 5.97. The normalized spacial score (nSPS) is 23.2. The first-order chi connectivity index (χ1) is 9.91. The van der Waals surface area contributed by atoms with Crippen molar-refractivity contribution in [3.63, 3.8) is 0 Å². The number of rotatable bonds is 2. The van der Waals surface area contributed by atoms with E-state index in [2.05, 4.69) is 0 Å². The van der Waals surface area contributed by atoms with Crippen molar-refractivity contribution < 1.29 is 19.5 Å². The third-order valence-electron chi connectivity index (χ3n) is 4.32. The first-order valence-corrected chi connectivity index (χ1v) is 7.41. The fourth-order valence-electron chi connectivity index (χ4n) is 3.12. The van der Waals surface area contributed by atoms with Gasteiger partial charge >= 0.3 is 12.0 Å². The minimum atomic E-state index is -0.916. The lowest BCUT2D eigenvalue weighted by Gasteiger charge is -2.35.